The minimum Gasteiger partial charge on any atom is -0.421 e. The average Bonchev–Trinajstić information content (AvgIpc) is 2.97. The molecule has 1 unspecified atom stereocenters. The molecule has 1 aliphatic rings. The number of benzene rings is 1. The van der Waals surface area contributed by atoms with E-state index >= 15 is 0 Å². The third-order valence-corrected chi connectivity index (χ3v) is 4.27. The molecule has 1 fully saturated rings. The zero-order valence-electron chi connectivity index (χ0n) is 12.3. The molecular formula is C16H21N3O. The molecule has 1 aliphatic carbocycles. The fourth-order valence-electron chi connectivity index (χ4n) is 2.98. The Balaban J connectivity index is 1.91. The van der Waals surface area contributed by atoms with Gasteiger partial charge in [0.05, 0.1) is 5.56 Å². The molecule has 1 aromatic carbocycles. The standard InChI is InChI=1S/C16H21N3O/c1-11-18-19-15(20-11)12-7-4-5-8-13(12)17-14-9-6-10-16(14,2)3/h4-5,7-8,14,17H,6,9-10H2,1-3H3. The van der Waals surface area contributed by atoms with Crippen LogP contribution in [0.3, 0.4) is 0 Å². The highest BCUT2D eigenvalue weighted by molar-refractivity contribution is 5.72. The van der Waals surface area contributed by atoms with Crippen molar-refractivity contribution in [2.75, 3.05) is 5.32 Å². The van der Waals surface area contributed by atoms with Gasteiger partial charge >= 0.3 is 0 Å². The first kappa shape index (κ1) is 13.2. The van der Waals surface area contributed by atoms with Crippen molar-refractivity contribution in [3.05, 3.63) is 30.2 Å². The Morgan fingerprint density at radius 3 is 2.70 bits per heavy atom. The summed E-state index contributed by atoms with van der Waals surface area (Å²) in [5.41, 5.74) is 2.39. The van der Waals surface area contributed by atoms with Gasteiger partial charge in [-0.15, -0.1) is 10.2 Å². The molecule has 1 heterocycles. The van der Waals surface area contributed by atoms with E-state index in [9.17, 15) is 0 Å². The van der Waals surface area contributed by atoms with Crippen LogP contribution in [0.5, 0.6) is 0 Å². The van der Waals surface area contributed by atoms with Crippen LogP contribution in [-0.2, 0) is 0 Å². The number of nitrogens with one attached hydrogen (secondary N) is 1. The van der Waals surface area contributed by atoms with Gasteiger partial charge in [-0.05, 0) is 30.4 Å². The lowest BCUT2D eigenvalue weighted by Crippen LogP contribution is -2.30. The van der Waals surface area contributed by atoms with Gasteiger partial charge in [0.2, 0.25) is 11.8 Å². The maximum atomic E-state index is 5.56. The lowest BCUT2D eigenvalue weighted by atomic mass is 9.87. The van der Waals surface area contributed by atoms with Crippen LogP contribution in [0.25, 0.3) is 11.5 Å². The van der Waals surface area contributed by atoms with Gasteiger partial charge in [0, 0.05) is 18.7 Å². The molecule has 0 radical (unpaired) electrons. The Hall–Kier alpha value is -1.84. The summed E-state index contributed by atoms with van der Waals surface area (Å²) in [6.07, 6.45) is 3.77. The van der Waals surface area contributed by atoms with Crippen LogP contribution in [0.1, 0.15) is 39.0 Å². The van der Waals surface area contributed by atoms with E-state index < -0.39 is 0 Å². The molecule has 106 valence electrons. The molecule has 0 aliphatic heterocycles. The third kappa shape index (κ3) is 2.42. The molecule has 3 rings (SSSR count). The highest BCUT2D eigenvalue weighted by atomic mass is 16.4. The second kappa shape index (κ2) is 4.93. The van der Waals surface area contributed by atoms with E-state index in [1.807, 2.05) is 25.1 Å². The Kier molecular flexibility index (Phi) is 3.24. The molecule has 1 N–H and O–H groups in total. The van der Waals surface area contributed by atoms with Crippen LogP contribution in [0, 0.1) is 12.3 Å². The first-order valence-corrected chi connectivity index (χ1v) is 7.22. The predicted molar refractivity (Wildman–Crippen MR) is 79.5 cm³/mol. The number of rotatable bonds is 3. The lowest BCUT2D eigenvalue weighted by Gasteiger charge is -2.29. The van der Waals surface area contributed by atoms with Crippen molar-refractivity contribution in [3.8, 4) is 11.5 Å². The van der Waals surface area contributed by atoms with Crippen molar-refractivity contribution in [2.45, 2.75) is 46.1 Å². The van der Waals surface area contributed by atoms with Crippen molar-refractivity contribution in [3.63, 3.8) is 0 Å². The van der Waals surface area contributed by atoms with Crippen molar-refractivity contribution in [1.82, 2.24) is 10.2 Å². The van der Waals surface area contributed by atoms with Gasteiger partial charge < -0.3 is 9.73 Å². The average molecular weight is 271 g/mol. The zero-order chi connectivity index (χ0) is 14.2. The van der Waals surface area contributed by atoms with E-state index in [-0.39, 0.29) is 0 Å². The van der Waals surface area contributed by atoms with E-state index in [0.717, 1.165) is 11.3 Å². The van der Waals surface area contributed by atoms with Crippen LogP contribution in [0.15, 0.2) is 28.7 Å². The molecular weight excluding hydrogens is 250 g/mol. The molecule has 0 saturated heterocycles. The van der Waals surface area contributed by atoms with Crippen LogP contribution in [0.2, 0.25) is 0 Å². The van der Waals surface area contributed by atoms with E-state index in [2.05, 4.69) is 35.4 Å². The summed E-state index contributed by atoms with van der Waals surface area (Å²) in [6, 6.07) is 8.64. The molecule has 1 atom stereocenters. The van der Waals surface area contributed by atoms with Gasteiger partial charge in [-0.3, -0.25) is 0 Å². The second-order valence-electron chi connectivity index (χ2n) is 6.25. The molecule has 0 spiro atoms. The third-order valence-electron chi connectivity index (χ3n) is 4.27. The number of aryl methyl sites for hydroxylation is 1. The second-order valence-corrected chi connectivity index (χ2v) is 6.25. The Bertz CT molecular complexity index is 603. The van der Waals surface area contributed by atoms with Crippen molar-refractivity contribution in [1.29, 1.82) is 0 Å². The lowest BCUT2D eigenvalue weighted by molar-refractivity contribution is 0.350. The first-order valence-electron chi connectivity index (χ1n) is 7.22. The summed E-state index contributed by atoms with van der Waals surface area (Å²) in [6.45, 7) is 6.47. The maximum Gasteiger partial charge on any atom is 0.249 e. The quantitative estimate of drug-likeness (QED) is 0.915. The highest BCUT2D eigenvalue weighted by Gasteiger charge is 2.34. The SMILES string of the molecule is Cc1nnc(-c2ccccc2NC2CCCC2(C)C)o1. The van der Waals surface area contributed by atoms with Crippen LogP contribution in [-0.4, -0.2) is 16.2 Å². The van der Waals surface area contributed by atoms with Gasteiger partial charge in [-0.25, -0.2) is 0 Å². The molecule has 1 saturated carbocycles. The molecule has 2 aromatic rings. The van der Waals surface area contributed by atoms with Crippen LogP contribution >= 0.6 is 0 Å². The van der Waals surface area contributed by atoms with Crippen LogP contribution in [0.4, 0.5) is 5.69 Å². The monoisotopic (exact) mass is 271 g/mol. The molecule has 0 bridgehead atoms. The number of hydrogen-bond donors (Lipinski definition) is 1. The molecule has 0 amide bonds. The van der Waals surface area contributed by atoms with Gasteiger partial charge in [0.15, 0.2) is 0 Å². The van der Waals surface area contributed by atoms with E-state index in [1.54, 1.807) is 0 Å². The number of anilines is 1. The number of para-hydroxylation sites is 1. The normalized spacial score (nSPS) is 21.1. The van der Waals surface area contributed by atoms with Gasteiger partial charge in [0.1, 0.15) is 0 Å². The Morgan fingerprint density at radius 2 is 2.05 bits per heavy atom. The summed E-state index contributed by atoms with van der Waals surface area (Å²) in [5, 5.41) is 11.7. The number of aromatic nitrogens is 2. The molecule has 4 nitrogen and oxygen atoms in total. The Morgan fingerprint density at radius 1 is 1.25 bits per heavy atom. The zero-order valence-corrected chi connectivity index (χ0v) is 12.3. The van der Waals surface area contributed by atoms with Crippen molar-refractivity contribution in [2.24, 2.45) is 5.41 Å². The van der Waals surface area contributed by atoms with Gasteiger partial charge in [-0.1, -0.05) is 32.4 Å². The molecule has 20 heavy (non-hydrogen) atoms. The van der Waals surface area contributed by atoms with Gasteiger partial charge in [0.25, 0.3) is 0 Å². The summed E-state index contributed by atoms with van der Waals surface area (Å²) in [5.74, 6) is 1.18. The predicted octanol–water partition coefficient (Wildman–Crippen LogP) is 4.04. The van der Waals surface area contributed by atoms with E-state index in [1.165, 1.54) is 19.3 Å². The van der Waals surface area contributed by atoms with Crippen LogP contribution < -0.4 is 5.32 Å². The minimum atomic E-state index is 0.331. The topological polar surface area (TPSA) is 51.0 Å². The highest BCUT2D eigenvalue weighted by Crippen LogP contribution is 2.40. The summed E-state index contributed by atoms with van der Waals surface area (Å²) in [7, 11) is 0. The molecule has 1 aromatic heterocycles. The minimum absolute atomic E-state index is 0.331. The number of nitrogens with zero attached hydrogens (tertiary/aromatic N) is 2. The summed E-state index contributed by atoms with van der Waals surface area (Å²) < 4.78 is 5.56. The molecule has 4 heteroatoms. The number of hydrogen-bond acceptors (Lipinski definition) is 4. The summed E-state index contributed by atoms with van der Waals surface area (Å²) in [4.78, 5) is 0. The fourth-order valence-corrected chi connectivity index (χ4v) is 2.98. The first-order chi connectivity index (χ1) is 9.56. The summed E-state index contributed by atoms with van der Waals surface area (Å²) >= 11 is 0. The van der Waals surface area contributed by atoms with E-state index in [0.29, 0.717) is 23.2 Å². The van der Waals surface area contributed by atoms with Crippen molar-refractivity contribution < 1.29 is 4.42 Å². The smallest absolute Gasteiger partial charge is 0.249 e. The van der Waals surface area contributed by atoms with Crippen molar-refractivity contribution >= 4 is 5.69 Å². The maximum absolute atomic E-state index is 5.56. The van der Waals surface area contributed by atoms with E-state index in [4.69, 9.17) is 4.42 Å². The van der Waals surface area contributed by atoms with Gasteiger partial charge in [-0.2, -0.15) is 0 Å². The Labute approximate surface area is 119 Å². The largest absolute Gasteiger partial charge is 0.421 e. The fraction of sp³-hybridized carbons (Fsp3) is 0.500.